The Morgan fingerprint density at radius 2 is 1.90 bits per heavy atom. The SMILES string of the molecule is O=C(N[C@@H]1CCC[C@@H]1O)[C@H]1CCCN1C1CCOCC1. The van der Waals surface area contributed by atoms with Crippen molar-refractivity contribution in [2.45, 2.75) is 69.2 Å². The predicted molar refractivity (Wildman–Crippen MR) is 75.4 cm³/mol. The lowest BCUT2D eigenvalue weighted by molar-refractivity contribution is -0.128. The van der Waals surface area contributed by atoms with E-state index in [1.165, 1.54) is 0 Å². The molecule has 2 heterocycles. The van der Waals surface area contributed by atoms with Crippen LogP contribution >= 0.6 is 0 Å². The molecule has 3 atom stereocenters. The second kappa shape index (κ2) is 6.41. The molecule has 0 aromatic carbocycles. The summed E-state index contributed by atoms with van der Waals surface area (Å²) in [6.07, 6.45) is 6.52. The second-order valence-corrected chi connectivity index (χ2v) is 6.35. The fourth-order valence-corrected chi connectivity index (χ4v) is 3.91. The maximum Gasteiger partial charge on any atom is 0.237 e. The molecule has 0 radical (unpaired) electrons. The van der Waals surface area contributed by atoms with Gasteiger partial charge in [-0.3, -0.25) is 9.69 Å². The van der Waals surface area contributed by atoms with Crippen molar-refractivity contribution < 1.29 is 14.6 Å². The Balaban J connectivity index is 1.58. The van der Waals surface area contributed by atoms with Crippen LogP contribution in [-0.4, -0.2) is 59.9 Å². The highest BCUT2D eigenvalue weighted by Gasteiger charge is 2.37. The predicted octanol–water partition coefficient (Wildman–Crippen LogP) is 0.659. The number of rotatable bonds is 3. The topological polar surface area (TPSA) is 61.8 Å². The fourth-order valence-electron chi connectivity index (χ4n) is 3.91. The molecule has 0 bridgehead atoms. The van der Waals surface area contributed by atoms with Crippen molar-refractivity contribution in [3.8, 4) is 0 Å². The zero-order chi connectivity index (χ0) is 13.9. The van der Waals surface area contributed by atoms with Gasteiger partial charge in [-0.1, -0.05) is 0 Å². The number of hydrogen-bond acceptors (Lipinski definition) is 4. The van der Waals surface area contributed by atoms with Crippen molar-refractivity contribution in [1.29, 1.82) is 0 Å². The van der Waals surface area contributed by atoms with Crippen LogP contribution in [0.4, 0.5) is 0 Å². The fraction of sp³-hybridized carbons (Fsp3) is 0.933. The first-order valence-corrected chi connectivity index (χ1v) is 8.07. The average Bonchev–Trinajstić information content (AvgIpc) is 3.09. The normalized spacial score (nSPS) is 36.4. The summed E-state index contributed by atoms with van der Waals surface area (Å²) < 4.78 is 5.42. The highest BCUT2D eigenvalue weighted by molar-refractivity contribution is 5.82. The largest absolute Gasteiger partial charge is 0.391 e. The van der Waals surface area contributed by atoms with Crippen LogP contribution in [0.25, 0.3) is 0 Å². The van der Waals surface area contributed by atoms with E-state index in [9.17, 15) is 9.90 Å². The first-order valence-electron chi connectivity index (χ1n) is 8.07. The number of ether oxygens (including phenoxy) is 1. The maximum atomic E-state index is 12.5. The quantitative estimate of drug-likeness (QED) is 0.798. The summed E-state index contributed by atoms with van der Waals surface area (Å²) in [5.74, 6) is 0.125. The number of nitrogens with one attached hydrogen (secondary N) is 1. The minimum Gasteiger partial charge on any atom is -0.391 e. The molecule has 114 valence electrons. The monoisotopic (exact) mass is 282 g/mol. The molecule has 1 aliphatic carbocycles. The number of hydrogen-bond donors (Lipinski definition) is 2. The third-order valence-corrected chi connectivity index (χ3v) is 5.06. The van der Waals surface area contributed by atoms with Gasteiger partial charge in [-0.2, -0.15) is 0 Å². The van der Waals surface area contributed by atoms with Crippen LogP contribution in [0.2, 0.25) is 0 Å². The first-order chi connectivity index (χ1) is 9.75. The van der Waals surface area contributed by atoms with Gasteiger partial charge in [-0.05, 0) is 51.5 Å². The number of aliphatic hydroxyl groups is 1. The lowest BCUT2D eigenvalue weighted by Gasteiger charge is -2.35. The summed E-state index contributed by atoms with van der Waals surface area (Å²) in [5, 5.41) is 12.9. The Morgan fingerprint density at radius 3 is 2.60 bits per heavy atom. The van der Waals surface area contributed by atoms with Gasteiger partial charge in [0.25, 0.3) is 0 Å². The van der Waals surface area contributed by atoms with E-state index in [0.29, 0.717) is 6.04 Å². The Labute approximate surface area is 120 Å². The number of carbonyl (C=O) groups excluding carboxylic acids is 1. The molecular weight excluding hydrogens is 256 g/mol. The van der Waals surface area contributed by atoms with E-state index in [2.05, 4.69) is 10.2 Å². The number of likely N-dealkylation sites (tertiary alicyclic amines) is 1. The van der Waals surface area contributed by atoms with E-state index >= 15 is 0 Å². The Kier molecular flexibility index (Phi) is 4.58. The molecule has 0 aromatic heterocycles. The molecule has 1 amide bonds. The summed E-state index contributed by atoms with van der Waals surface area (Å²) >= 11 is 0. The lowest BCUT2D eigenvalue weighted by atomic mass is 10.1. The van der Waals surface area contributed by atoms with Crippen molar-refractivity contribution in [1.82, 2.24) is 10.2 Å². The van der Waals surface area contributed by atoms with Crippen LogP contribution in [0, 0.1) is 0 Å². The van der Waals surface area contributed by atoms with Crippen LogP contribution in [0.15, 0.2) is 0 Å². The average molecular weight is 282 g/mol. The third-order valence-electron chi connectivity index (χ3n) is 5.06. The van der Waals surface area contributed by atoms with E-state index in [1.807, 2.05) is 0 Å². The van der Waals surface area contributed by atoms with E-state index in [4.69, 9.17) is 4.74 Å². The summed E-state index contributed by atoms with van der Waals surface area (Å²) in [7, 11) is 0. The van der Waals surface area contributed by atoms with E-state index in [0.717, 1.165) is 64.7 Å². The van der Waals surface area contributed by atoms with Gasteiger partial charge in [-0.25, -0.2) is 0 Å². The summed E-state index contributed by atoms with van der Waals surface area (Å²) in [6.45, 7) is 2.66. The molecule has 20 heavy (non-hydrogen) atoms. The molecule has 3 rings (SSSR count). The van der Waals surface area contributed by atoms with E-state index < -0.39 is 0 Å². The molecule has 3 aliphatic rings. The van der Waals surface area contributed by atoms with Crippen molar-refractivity contribution in [2.24, 2.45) is 0 Å². The van der Waals surface area contributed by atoms with Crippen LogP contribution < -0.4 is 5.32 Å². The molecule has 5 heteroatoms. The van der Waals surface area contributed by atoms with Gasteiger partial charge in [-0.15, -0.1) is 0 Å². The number of aliphatic hydroxyl groups excluding tert-OH is 1. The van der Waals surface area contributed by atoms with Gasteiger partial charge < -0.3 is 15.2 Å². The summed E-state index contributed by atoms with van der Waals surface area (Å²) in [5.41, 5.74) is 0. The maximum absolute atomic E-state index is 12.5. The van der Waals surface area contributed by atoms with Crippen LogP contribution in [0.3, 0.4) is 0 Å². The van der Waals surface area contributed by atoms with Gasteiger partial charge in [0.1, 0.15) is 0 Å². The zero-order valence-corrected chi connectivity index (χ0v) is 12.1. The van der Waals surface area contributed by atoms with Crippen LogP contribution in [0.1, 0.15) is 44.9 Å². The molecule has 0 aromatic rings. The number of nitrogens with zero attached hydrogens (tertiary/aromatic N) is 1. The molecule has 5 nitrogen and oxygen atoms in total. The molecule has 2 N–H and O–H groups in total. The molecule has 2 aliphatic heterocycles. The van der Waals surface area contributed by atoms with E-state index in [1.54, 1.807) is 0 Å². The highest BCUT2D eigenvalue weighted by Crippen LogP contribution is 2.26. The van der Waals surface area contributed by atoms with Crippen molar-refractivity contribution in [2.75, 3.05) is 19.8 Å². The highest BCUT2D eigenvalue weighted by atomic mass is 16.5. The van der Waals surface area contributed by atoms with Crippen molar-refractivity contribution in [3.05, 3.63) is 0 Å². The van der Waals surface area contributed by atoms with Crippen molar-refractivity contribution in [3.63, 3.8) is 0 Å². The summed E-state index contributed by atoms with van der Waals surface area (Å²) in [6, 6.07) is 0.473. The minimum atomic E-state index is -0.350. The van der Waals surface area contributed by atoms with Crippen LogP contribution in [-0.2, 0) is 9.53 Å². The third kappa shape index (κ3) is 3.00. The minimum absolute atomic E-state index is 0.00546. The first kappa shape index (κ1) is 14.3. The molecule has 3 fully saturated rings. The smallest absolute Gasteiger partial charge is 0.237 e. The number of carbonyl (C=O) groups is 1. The van der Waals surface area contributed by atoms with Crippen molar-refractivity contribution >= 4 is 5.91 Å². The second-order valence-electron chi connectivity index (χ2n) is 6.35. The van der Waals surface area contributed by atoms with Gasteiger partial charge in [0.05, 0.1) is 18.2 Å². The van der Waals surface area contributed by atoms with E-state index in [-0.39, 0.29) is 24.1 Å². The molecule has 2 saturated heterocycles. The Bertz CT molecular complexity index is 344. The molecule has 0 spiro atoms. The van der Waals surface area contributed by atoms with Gasteiger partial charge in [0, 0.05) is 19.3 Å². The Hall–Kier alpha value is -0.650. The number of amides is 1. The molecule has 1 saturated carbocycles. The van der Waals surface area contributed by atoms with Gasteiger partial charge in [0.15, 0.2) is 0 Å². The van der Waals surface area contributed by atoms with Gasteiger partial charge >= 0.3 is 0 Å². The lowest BCUT2D eigenvalue weighted by Crippen LogP contribution is -2.52. The molecular formula is C15H26N2O3. The zero-order valence-electron chi connectivity index (χ0n) is 12.1. The molecule has 0 unspecified atom stereocenters. The Morgan fingerprint density at radius 1 is 1.10 bits per heavy atom. The van der Waals surface area contributed by atoms with Crippen LogP contribution in [0.5, 0.6) is 0 Å². The standard InChI is InChI=1S/C15H26N2O3/c18-14-5-1-3-12(14)16-15(19)13-4-2-8-17(13)11-6-9-20-10-7-11/h11-14,18H,1-10H2,(H,16,19)/t12-,13-,14+/m1/s1. The van der Waals surface area contributed by atoms with Gasteiger partial charge in [0.2, 0.25) is 5.91 Å². The summed E-state index contributed by atoms with van der Waals surface area (Å²) in [4.78, 5) is 14.9.